The van der Waals surface area contributed by atoms with E-state index in [-0.39, 0.29) is 18.0 Å². The second-order valence-corrected chi connectivity index (χ2v) is 4.55. The molecule has 0 radical (unpaired) electrons. The van der Waals surface area contributed by atoms with E-state index in [0.717, 1.165) is 12.0 Å². The number of benzene rings is 1. The number of methoxy groups -OCH3 is 1. The fourth-order valence-corrected chi connectivity index (χ4v) is 2.04. The number of hydrogen-bond donors (Lipinski definition) is 1. The highest BCUT2D eigenvalue weighted by atomic mass is 79.9. The van der Waals surface area contributed by atoms with Gasteiger partial charge < -0.3 is 10.1 Å². The summed E-state index contributed by atoms with van der Waals surface area (Å²) < 4.78 is 19.1. The molecular formula is C12H17BrFNO. The molecule has 16 heavy (non-hydrogen) atoms. The molecule has 0 spiro atoms. The van der Waals surface area contributed by atoms with Gasteiger partial charge in [-0.1, -0.05) is 12.1 Å². The number of ether oxygens (including phenoxy) is 1. The summed E-state index contributed by atoms with van der Waals surface area (Å²) in [5, 5.41) is 3.18. The quantitative estimate of drug-likeness (QED) is 0.900. The lowest BCUT2D eigenvalue weighted by Crippen LogP contribution is -2.38. The second kappa shape index (κ2) is 6.33. The van der Waals surface area contributed by atoms with E-state index < -0.39 is 0 Å². The van der Waals surface area contributed by atoms with Crippen LogP contribution in [0.25, 0.3) is 0 Å². The maximum Gasteiger partial charge on any atom is 0.137 e. The standard InChI is InChI=1S/C12H17BrFNO/c1-8(16-3)11(15-2)7-9-5-4-6-10(14)12(9)13/h4-6,8,11,15H,7H2,1-3H3. The van der Waals surface area contributed by atoms with Gasteiger partial charge in [-0.25, -0.2) is 4.39 Å². The van der Waals surface area contributed by atoms with Gasteiger partial charge in [-0.2, -0.15) is 0 Å². The molecule has 0 aliphatic heterocycles. The third-order valence-corrected chi connectivity index (χ3v) is 3.67. The molecule has 2 nitrogen and oxygen atoms in total. The van der Waals surface area contributed by atoms with Crippen molar-refractivity contribution in [3.63, 3.8) is 0 Å². The predicted molar refractivity (Wildman–Crippen MR) is 67.1 cm³/mol. The van der Waals surface area contributed by atoms with Gasteiger partial charge in [-0.3, -0.25) is 0 Å². The zero-order valence-electron chi connectivity index (χ0n) is 9.76. The fraction of sp³-hybridized carbons (Fsp3) is 0.500. The summed E-state index contributed by atoms with van der Waals surface area (Å²) in [6.45, 7) is 1.99. The van der Waals surface area contributed by atoms with Crippen LogP contribution in [0.1, 0.15) is 12.5 Å². The van der Waals surface area contributed by atoms with Crippen molar-refractivity contribution < 1.29 is 9.13 Å². The van der Waals surface area contributed by atoms with Gasteiger partial charge in [0, 0.05) is 13.2 Å². The van der Waals surface area contributed by atoms with Crippen molar-refractivity contribution in [3.8, 4) is 0 Å². The van der Waals surface area contributed by atoms with Crippen LogP contribution in [0.15, 0.2) is 22.7 Å². The summed E-state index contributed by atoms with van der Waals surface area (Å²) in [5.74, 6) is -0.225. The smallest absolute Gasteiger partial charge is 0.137 e. The third kappa shape index (κ3) is 3.27. The first-order chi connectivity index (χ1) is 7.60. The normalized spacial score (nSPS) is 14.8. The molecule has 1 aromatic carbocycles. The number of nitrogens with one attached hydrogen (secondary N) is 1. The second-order valence-electron chi connectivity index (χ2n) is 3.75. The number of hydrogen-bond acceptors (Lipinski definition) is 2. The summed E-state index contributed by atoms with van der Waals surface area (Å²) in [4.78, 5) is 0. The Balaban J connectivity index is 2.82. The minimum Gasteiger partial charge on any atom is -0.380 e. The summed E-state index contributed by atoms with van der Waals surface area (Å²) >= 11 is 3.27. The van der Waals surface area contributed by atoms with Crippen molar-refractivity contribution in [1.29, 1.82) is 0 Å². The van der Waals surface area contributed by atoms with Gasteiger partial charge in [0.1, 0.15) is 5.82 Å². The first-order valence-corrected chi connectivity index (χ1v) is 6.02. The van der Waals surface area contributed by atoms with E-state index in [1.165, 1.54) is 6.07 Å². The molecule has 0 heterocycles. The van der Waals surface area contributed by atoms with Crippen LogP contribution in [-0.4, -0.2) is 26.3 Å². The minimum absolute atomic E-state index is 0.0835. The molecule has 4 heteroatoms. The fourth-order valence-electron chi connectivity index (χ4n) is 1.61. The average Bonchev–Trinajstić information content (AvgIpc) is 2.30. The van der Waals surface area contributed by atoms with Gasteiger partial charge in [0.15, 0.2) is 0 Å². The molecule has 0 aromatic heterocycles. The molecule has 2 atom stereocenters. The van der Waals surface area contributed by atoms with Crippen LogP contribution in [0.5, 0.6) is 0 Å². The number of likely N-dealkylation sites (N-methyl/N-ethyl adjacent to an activating group) is 1. The first kappa shape index (κ1) is 13.6. The molecule has 0 aliphatic carbocycles. The van der Waals surface area contributed by atoms with Gasteiger partial charge in [0.05, 0.1) is 10.6 Å². The molecule has 0 amide bonds. The Kier molecular flexibility index (Phi) is 5.38. The topological polar surface area (TPSA) is 21.3 Å². The van der Waals surface area contributed by atoms with E-state index >= 15 is 0 Å². The molecule has 0 aliphatic rings. The van der Waals surface area contributed by atoms with Gasteiger partial charge in [-0.05, 0) is 48.0 Å². The van der Waals surface area contributed by atoms with Crippen LogP contribution < -0.4 is 5.32 Å². The Bertz CT molecular complexity index is 346. The predicted octanol–water partition coefficient (Wildman–Crippen LogP) is 2.75. The van der Waals surface area contributed by atoms with Crippen LogP contribution in [0.4, 0.5) is 4.39 Å². The Morgan fingerprint density at radius 3 is 2.75 bits per heavy atom. The lowest BCUT2D eigenvalue weighted by molar-refractivity contribution is 0.0856. The van der Waals surface area contributed by atoms with E-state index in [2.05, 4.69) is 21.2 Å². The van der Waals surface area contributed by atoms with E-state index in [4.69, 9.17) is 4.74 Å². The summed E-state index contributed by atoms with van der Waals surface area (Å²) in [6, 6.07) is 5.25. The van der Waals surface area contributed by atoms with Crippen molar-refractivity contribution in [1.82, 2.24) is 5.32 Å². The lowest BCUT2D eigenvalue weighted by Gasteiger charge is -2.22. The summed E-state index contributed by atoms with van der Waals surface area (Å²) in [6.07, 6.45) is 0.810. The van der Waals surface area contributed by atoms with Crippen LogP contribution >= 0.6 is 15.9 Å². The summed E-state index contributed by atoms with van der Waals surface area (Å²) in [7, 11) is 3.56. The van der Waals surface area contributed by atoms with Crippen LogP contribution in [0.2, 0.25) is 0 Å². The van der Waals surface area contributed by atoms with E-state index in [1.54, 1.807) is 13.2 Å². The molecule has 1 N–H and O–H groups in total. The molecule has 2 unspecified atom stereocenters. The number of rotatable bonds is 5. The van der Waals surface area contributed by atoms with E-state index in [9.17, 15) is 4.39 Å². The Morgan fingerprint density at radius 2 is 2.19 bits per heavy atom. The van der Waals surface area contributed by atoms with Crippen molar-refractivity contribution >= 4 is 15.9 Å². The maximum absolute atomic E-state index is 13.3. The van der Waals surface area contributed by atoms with Crippen molar-refractivity contribution in [2.75, 3.05) is 14.2 Å². The molecule has 0 bridgehead atoms. The highest BCUT2D eigenvalue weighted by Gasteiger charge is 2.17. The molecule has 0 saturated heterocycles. The SMILES string of the molecule is CNC(Cc1cccc(F)c1Br)C(C)OC. The number of halogens is 2. The van der Waals surface area contributed by atoms with Gasteiger partial charge in [-0.15, -0.1) is 0 Å². The molecule has 1 aromatic rings. The van der Waals surface area contributed by atoms with Gasteiger partial charge in [0.25, 0.3) is 0 Å². The highest BCUT2D eigenvalue weighted by molar-refractivity contribution is 9.10. The highest BCUT2D eigenvalue weighted by Crippen LogP contribution is 2.22. The Labute approximate surface area is 104 Å². The average molecular weight is 290 g/mol. The first-order valence-electron chi connectivity index (χ1n) is 5.23. The van der Waals surface area contributed by atoms with Crippen LogP contribution in [0.3, 0.4) is 0 Å². The molecular weight excluding hydrogens is 273 g/mol. The zero-order chi connectivity index (χ0) is 12.1. The van der Waals surface area contributed by atoms with Crippen molar-refractivity contribution in [2.45, 2.75) is 25.5 Å². The molecule has 0 fully saturated rings. The van der Waals surface area contributed by atoms with Crippen LogP contribution in [0, 0.1) is 5.82 Å². The maximum atomic E-state index is 13.3. The van der Waals surface area contributed by atoms with E-state index in [1.807, 2.05) is 20.0 Å². The largest absolute Gasteiger partial charge is 0.380 e. The van der Waals surface area contributed by atoms with E-state index in [0.29, 0.717) is 4.47 Å². The van der Waals surface area contributed by atoms with Gasteiger partial charge in [0.2, 0.25) is 0 Å². The van der Waals surface area contributed by atoms with Crippen molar-refractivity contribution in [3.05, 3.63) is 34.1 Å². The molecule has 90 valence electrons. The van der Waals surface area contributed by atoms with Crippen molar-refractivity contribution in [2.24, 2.45) is 0 Å². The third-order valence-electron chi connectivity index (χ3n) is 2.78. The minimum atomic E-state index is -0.225. The molecule has 0 saturated carbocycles. The van der Waals surface area contributed by atoms with Crippen LogP contribution in [-0.2, 0) is 11.2 Å². The monoisotopic (exact) mass is 289 g/mol. The Hall–Kier alpha value is -0.450. The Morgan fingerprint density at radius 1 is 1.50 bits per heavy atom. The molecule has 1 rings (SSSR count). The lowest BCUT2D eigenvalue weighted by atomic mass is 10.0. The van der Waals surface area contributed by atoms with Gasteiger partial charge >= 0.3 is 0 Å². The summed E-state index contributed by atoms with van der Waals surface area (Å²) in [5.41, 5.74) is 0.947. The zero-order valence-corrected chi connectivity index (χ0v) is 11.3.